The van der Waals surface area contributed by atoms with Crippen molar-refractivity contribution < 1.29 is 9.59 Å². The second-order valence-electron chi connectivity index (χ2n) is 7.38. The minimum absolute atomic E-state index is 0.0000344. The van der Waals surface area contributed by atoms with Crippen LogP contribution < -0.4 is 4.90 Å². The van der Waals surface area contributed by atoms with Crippen LogP contribution in [0.5, 0.6) is 0 Å². The first-order valence-corrected chi connectivity index (χ1v) is 9.01. The maximum Gasteiger partial charge on any atom is 0.324 e. The molecular weight excluding hydrogens is 334 g/mol. The van der Waals surface area contributed by atoms with Gasteiger partial charge in [0.05, 0.1) is 17.9 Å². The van der Waals surface area contributed by atoms with Crippen LogP contribution in [0.2, 0.25) is 0 Å². The predicted octanol–water partition coefficient (Wildman–Crippen LogP) is 1.05. The summed E-state index contributed by atoms with van der Waals surface area (Å²) in [5.74, 6) is 0.524. The third-order valence-electron chi connectivity index (χ3n) is 5.47. The Labute approximate surface area is 150 Å². The number of aromatic nitrogens is 4. The Bertz CT molecular complexity index is 862. The Morgan fingerprint density at radius 1 is 1.27 bits per heavy atom. The van der Waals surface area contributed by atoms with Gasteiger partial charge in [0.2, 0.25) is 0 Å². The molecule has 0 aromatic carbocycles. The number of amides is 3. The molecule has 2 aromatic rings. The Morgan fingerprint density at radius 2 is 2.08 bits per heavy atom. The molecule has 5 rings (SSSR count). The number of aromatic amines is 1. The quantitative estimate of drug-likeness (QED) is 0.888. The van der Waals surface area contributed by atoms with Crippen LogP contribution in [0.15, 0.2) is 18.5 Å². The van der Waals surface area contributed by atoms with Crippen molar-refractivity contribution in [3.05, 3.63) is 29.8 Å². The number of nitrogens with one attached hydrogen (secondary N) is 1. The fraction of sp³-hybridized carbons (Fsp3) is 0.529. The summed E-state index contributed by atoms with van der Waals surface area (Å²) in [7, 11) is 1.80. The highest BCUT2D eigenvalue weighted by Gasteiger charge is 2.36. The zero-order valence-corrected chi connectivity index (χ0v) is 14.6. The summed E-state index contributed by atoms with van der Waals surface area (Å²) in [5.41, 5.74) is 2.38. The van der Waals surface area contributed by atoms with Crippen molar-refractivity contribution in [2.45, 2.75) is 24.8 Å². The molecule has 9 nitrogen and oxygen atoms in total. The van der Waals surface area contributed by atoms with Crippen molar-refractivity contribution >= 4 is 17.6 Å². The van der Waals surface area contributed by atoms with Gasteiger partial charge in [-0.05, 0) is 18.9 Å². The second kappa shape index (κ2) is 5.58. The van der Waals surface area contributed by atoms with Gasteiger partial charge in [-0.25, -0.2) is 4.79 Å². The number of hydrogen-bond acceptors (Lipinski definition) is 4. The van der Waals surface area contributed by atoms with E-state index in [1.54, 1.807) is 27.9 Å². The number of H-pyrrole nitrogens is 1. The average molecular weight is 355 g/mol. The van der Waals surface area contributed by atoms with Crippen molar-refractivity contribution in [2.24, 2.45) is 0 Å². The van der Waals surface area contributed by atoms with E-state index in [-0.39, 0.29) is 18.0 Å². The highest BCUT2D eigenvalue weighted by atomic mass is 16.2. The van der Waals surface area contributed by atoms with Crippen LogP contribution >= 0.6 is 0 Å². The van der Waals surface area contributed by atoms with Crippen molar-refractivity contribution in [1.82, 2.24) is 29.8 Å². The molecule has 1 saturated carbocycles. The third-order valence-corrected chi connectivity index (χ3v) is 5.47. The molecule has 0 unspecified atom stereocenters. The van der Waals surface area contributed by atoms with Gasteiger partial charge in [-0.2, -0.15) is 10.2 Å². The third kappa shape index (κ3) is 2.46. The molecule has 0 spiro atoms. The van der Waals surface area contributed by atoms with Crippen molar-refractivity contribution in [2.75, 3.05) is 38.1 Å². The summed E-state index contributed by atoms with van der Waals surface area (Å²) in [6, 6.07) is 2.03. The molecule has 2 aliphatic heterocycles. The molecule has 26 heavy (non-hydrogen) atoms. The van der Waals surface area contributed by atoms with Gasteiger partial charge < -0.3 is 9.80 Å². The fourth-order valence-corrected chi connectivity index (χ4v) is 3.55. The van der Waals surface area contributed by atoms with Gasteiger partial charge in [-0.3, -0.25) is 19.5 Å². The van der Waals surface area contributed by atoms with E-state index in [2.05, 4.69) is 15.3 Å². The summed E-state index contributed by atoms with van der Waals surface area (Å²) >= 11 is 0. The SMILES string of the molecule is CN1CCN(c2cnn(C3CN(C(=O)c4cc(C5CC5)[nH]n4)C3)c2)C1=O. The summed E-state index contributed by atoms with van der Waals surface area (Å²) in [6.07, 6.45) is 5.97. The van der Waals surface area contributed by atoms with Crippen LogP contribution in [-0.4, -0.2) is 74.9 Å². The van der Waals surface area contributed by atoms with E-state index in [9.17, 15) is 9.59 Å². The lowest BCUT2D eigenvalue weighted by molar-refractivity contribution is 0.0495. The lowest BCUT2D eigenvalue weighted by Gasteiger charge is -2.38. The van der Waals surface area contributed by atoms with E-state index < -0.39 is 0 Å². The smallest absolute Gasteiger partial charge is 0.324 e. The fourth-order valence-electron chi connectivity index (χ4n) is 3.55. The normalized spacial score (nSPS) is 20.8. The standard InChI is InChI=1S/C17H21N7O2/c1-21-4-5-23(17(21)26)12-7-18-24(10-12)13-8-22(9-13)16(25)15-6-14(19-20-15)11-2-3-11/h6-7,10-11,13H,2-5,8-9H2,1H3,(H,19,20). The van der Waals surface area contributed by atoms with E-state index in [1.165, 1.54) is 12.8 Å². The highest BCUT2D eigenvalue weighted by Crippen LogP contribution is 2.39. The number of likely N-dealkylation sites (N-methyl/N-ethyl adjacent to an activating group) is 1. The van der Waals surface area contributed by atoms with E-state index in [4.69, 9.17) is 0 Å². The summed E-state index contributed by atoms with van der Waals surface area (Å²) in [6.45, 7) is 2.62. The van der Waals surface area contributed by atoms with Gasteiger partial charge in [-0.15, -0.1) is 0 Å². The molecule has 3 amide bonds. The van der Waals surface area contributed by atoms with Gasteiger partial charge in [-0.1, -0.05) is 0 Å². The molecule has 4 heterocycles. The number of rotatable bonds is 4. The molecule has 2 saturated heterocycles. The summed E-state index contributed by atoms with van der Waals surface area (Å²) in [5, 5.41) is 11.5. The number of anilines is 1. The molecule has 2 aromatic heterocycles. The van der Waals surface area contributed by atoms with E-state index in [0.29, 0.717) is 31.2 Å². The zero-order chi connectivity index (χ0) is 17.8. The maximum atomic E-state index is 12.5. The molecule has 136 valence electrons. The molecule has 0 bridgehead atoms. The van der Waals surface area contributed by atoms with Gasteiger partial charge in [0.1, 0.15) is 5.69 Å². The van der Waals surface area contributed by atoms with Crippen molar-refractivity contribution in [1.29, 1.82) is 0 Å². The largest absolute Gasteiger partial charge is 0.333 e. The molecule has 9 heteroatoms. The van der Waals surface area contributed by atoms with Crippen molar-refractivity contribution in [3.8, 4) is 0 Å². The lowest BCUT2D eigenvalue weighted by Crippen LogP contribution is -2.51. The molecule has 0 radical (unpaired) electrons. The van der Waals surface area contributed by atoms with Gasteiger partial charge in [0.15, 0.2) is 0 Å². The van der Waals surface area contributed by atoms with Gasteiger partial charge >= 0.3 is 6.03 Å². The maximum absolute atomic E-state index is 12.5. The van der Waals surface area contributed by atoms with Crippen LogP contribution in [-0.2, 0) is 0 Å². The molecule has 3 fully saturated rings. The van der Waals surface area contributed by atoms with Crippen LogP contribution in [0, 0.1) is 0 Å². The number of carbonyl (C=O) groups is 2. The van der Waals surface area contributed by atoms with Crippen LogP contribution in [0.3, 0.4) is 0 Å². The van der Waals surface area contributed by atoms with E-state index in [0.717, 1.165) is 17.9 Å². The Morgan fingerprint density at radius 3 is 2.77 bits per heavy atom. The van der Waals surface area contributed by atoms with Crippen molar-refractivity contribution in [3.63, 3.8) is 0 Å². The first kappa shape index (κ1) is 15.4. The minimum Gasteiger partial charge on any atom is -0.333 e. The topological polar surface area (TPSA) is 90.4 Å². The minimum atomic E-state index is -0.0341. The van der Waals surface area contributed by atoms with Gasteiger partial charge in [0.25, 0.3) is 5.91 Å². The summed E-state index contributed by atoms with van der Waals surface area (Å²) < 4.78 is 1.85. The highest BCUT2D eigenvalue weighted by molar-refractivity contribution is 5.94. The molecular formula is C17H21N7O2. The number of urea groups is 1. The van der Waals surface area contributed by atoms with E-state index in [1.807, 2.05) is 16.9 Å². The first-order chi connectivity index (χ1) is 12.6. The van der Waals surface area contributed by atoms with Gasteiger partial charge in [0, 0.05) is 51.0 Å². The summed E-state index contributed by atoms with van der Waals surface area (Å²) in [4.78, 5) is 29.8. The molecule has 0 atom stereocenters. The lowest BCUT2D eigenvalue weighted by atomic mass is 10.1. The number of carbonyl (C=O) groups excluding carboxylic acids is 2. The number of hydrogen-bond donors (Lipinski definition) is 1. The average Bonchev–Trinajstić information content (AvgIpc) is 3.00. The Balaban J connectivity index is 1.21. The monoisotopic (exact) mass is 355 g/mol. The van der Waals surface area contributed by atoms with Crippen LogP contribution in [0.4, 0.5) is 10.5 Å². The Hall–Kier alpha value is -2.84. The second-order valence-corrected chi connectivity index (χ2v) is 7.38. The van der Waals surface area contributed by atoms with E-state index >= 15 is 0 Å². The van der Waals surface area contributed by atoms with Crippen LogP contribution in [0.25, 0.3) is 0 Å². The molecule has 3 aliphatic rings. The molecule has 1 N–H and O–H groups in total. The van der Waals surface area contributed by atoms with Crippen LogP contribution in [0.1, 0.15) is 41.0 Å². The Kier molecular flexibility index (Phi) is 3.31. The first-order valence-electron chi connectivity index (χ1n) is 9.01. The molecule has 1 aliphatic carbocycles. The zero-order valence-electron chi connectivity index (χ0n) is 14.6. The number of nitrogens with zero attached hydrogens (tertiary/aromatic N) is 6. The predicted molar refractivity (Wildman–Crippen MR) is 93.1 cm³/mol. The number of likely N-dealkylation sites (tertiary alicyclic amines) is 1.